The third-order valence-electron chi connectivity index (χ3n) is 3.97. The van der Waals surface area contributed by atoms with E-state index in [0.29, 0.717) is 0 Å². The monoisotopic (exact) mass is 279 g/mol. The second-order valence-electron chi connectivity index (χ2n) is 5.25. The molecule has 1 saturated heterocycles. The van der Waals surface area contributed by atoms with E-state index < -0.39 is 0 Å². The van der Waals surface area contributed by atoms with Crippen LogP contribution in [0.5, 0.6) is 0 Å². The predicted molar refractivity (Wildman–Crippen MR) is 83.5 cm³/mol. The van der Waals surface area contributed by atoms with Crippen molar-refractivity contribution in [2.24, 2.45) is 0 Å². The maximum absolute atomic E-state index is 4.52. The molecule has 0 saturated carbocycles. The molecule has 0 amide bonds. The minimum Gasteiger partial charge on any atom is -0.366 e. The van der Waals surface area contributed by atoms with Crippen LogP contribution in [-0.4, -0.2) is 40.8 Å². The lowest BCUT2D eigenvalue weighted by molar-refractivity contribution is 0.590. The van der Waals surface area contributed by atoms with E-state index in [0.717, 1.165) is 42.8 Å². The highest BCUT2D eigenvalue weighted by molar-refractivity contribution is 5.75. The first-order valence-electron chi connectivity index (χ1n) is 7.25. The van der Waals surface area contributed by atoms with Crippen LogP contribution in [0.2, 0.25) is 0 Å². The third-order valence-corrected chi connectivity index (χ3v) is 3.97. The summed E-state index contributed by atoms with van der Waals surface area (Å²) in [6.45, 7) is 4.14. The van der Waals surface area contributed by atoms with Gasteiger partial charge in [0.05, 0.1) is 17.4 Å². The van der Waals surface area contributed by atoms with Crippen molar-refractivity contribution in [2.75, 3.05) is 31.1 Å². The summed E-state index contributed by atoms with van der Waals surface area (Å²) in [5.74, 6) is 0. The van der Waals surface area contributed by atoms with Crippen LogP contribution in [0.4, 0.5) is 5.69 Å². The number of rotatable bonds is 2. The molecule has 5 nitrogen and oxygen atoms in total. The Labute approximate surface area is 123 Å². The lowest BCUT2D eigenvalue weighted by Gasteiger charge is -2.28. The summed E-state index contributed by atoms with van der Waals surface area (Å²) in [6, 6.07) is 8.34. The van der Waals surface area contributed by atoms with Crippen LogP contribution in [0.15, 0.2) is 49.1 Å². The molecular formula is C16H17N5. The Balaban J connectivity index is 1.73. The average molecular weight is 279 g/mol. The Bertz CT molecular complexity index is 744. The highest BCUT2D eigenvalue weighted by Crippen LogP contribution is 2.25. The van der Waals surface area contributed by atoms with Gasteiger partial charge >= 0.3 is 0 Å². The number of pyridine rings is 2. The smallest absolute Gasteiger partial charge is 0.0896 e. The average Bonchev–Trinajstić information content (AvgIpc) is 2.99. The van der Waals surface area contributed by atoms with E-state index >= 15 is 0 Å². The molecule has 0 aromatic carbocycles. The topological polar surface area (TPSA) is 45.5 Å². The normalized spacial score (nSPS) is 15.5. The van der Waals surface area contributed by atoms with E-state index in [2.05, 4.69) is 38.6 Å². The molecule has 0 bridgehead atoms. The van der Waals surface area contributed by atoms with Crippen molar-refractivity contribution in [3.05, 3.63) is 49.1 Å². The largest absolute Gasteiger partial charge is 0.366 e. The van der Waals surface area contributed by atoms with E-state index in [9.17, 15) is 0 Å². The van der Waals surface area contributed by atoms with Crippen molar-refractivity contribution in [1.82, 2.24) is 19.9 Å². The standard InChI is InChI=1S/C16H17N5/c1-2-15-16(20-9-7-18-8-10-20)11-19-21(15)12-14(1)13-3-5-17-6-4-13/h1-6,11-12,18H,7-10H2. The van der Waals surface area contributed by atoms with Gasteiger partial charge in [0.2, 0.25) is 0 Å². The molecule has 1 aliphatic rings. The number of anilines is 1. The Kier molecular flexibility index (Phi) is 3.05. The van der Waals surface area contributed by atoms with Gasteiger partial charge in [0, 0.05) is 50.3 Å². The van der Waals surface area contributed by atoms with Crippen LogP contribution >= 0.6 is 0 Å². The molecule has 21 heavy (non-hydrogen) atoms. The van der Waals surface area contributed by atoms with Crippen molar-refractivity contribution in [2.45, 2.75) is 0 Å². The van der Waals surface area contributed by atoms with Crippen molar-refractivity contribution >= 4 is 11.2 Å². The zero-order valence-electron chi connectivity index (χ0n) is 11.7. The summed E-state index contributed by atoms with van der Waals surface area (Å²) in [6.07, 6.45) is 7.68. The van der Waals surface area contributed by atoms with Crippen LogP contribution in [0, 0.1) is 0 Å². The van der Waals surface area contributed by atoms with Crippen molar-refractivity contribution in [1.29, 1.82) is 0 Å². The number of nitrogens with zero attached hydrogens (tertiary/aromatic N) is 4. The van der Waals surface area contributed by atoms with Gasteiger partial charge in [-0.3, -0.25) is 4.98 Å². The highest BCUT2D eigenvalue weighted by Gasteiger charge is 2.15. The SMILES string of the molecule is c1cc(-c2ccc3c(N4CCNCC4)cnn3c2)ccn1. The van der Waals surface area contributed by atoms with Crippen LogP contribution in [-0.2, 0) is 0 Å². The van der Waals surface area contributed by atoms with Gasteiger partial charge in [0.25, 0.3) is 0 Å². The molecular weight excluding hydrogens is 262 g/mol. The summed E-state index contributed by atoms with van der Waals surface area (Å²) in [5, 5.41) is 7.90. The third kappa shape index (κ3) is 2.25. The first-order chi connectivity index (χ1) is 10.4. The fraction of sp³-hybridized carbons (Fsp3) is 0.250. The summed E-state index contributed by atoms with van der Waals surface area (Å²) in [7, 11) is 0. The minimum atomic E-state index is 1.03. The molecule has 1 fully saturated rings. The molecule has 0 radical (unpaired) electrons. The summed E-state index contributed by atoms with van der Waals surface area (Å²) >= 11 is 0. The van der Waals surface area contributed by atoms with Crippen LogP contribution in [0.25, 0.3) is 16.6 Å². The molecule has 0 atom stereocenters. The van der Waals surface area contributed by atoms with Gasteiger partial charge < -0.3 is 10.2 Å². The van der Waals surface area contributed by atoms with Gasteiger partial charge in [0.1, 0.15) is 0 Å². The first kappa shape index (κ1) is 12.3. The zero-order valence-corrected chi connectivity index (χ0v) is 11.7. The molecule has 4 heterocycles. The van der Waals surface area contributed by atoms with Crippen LogP contribution in [0.1, 0.15) is 0 Å². The number of nitrogens with one attached hydrogen (secondary N) is 1. The molecule has 1 N–H and O–H groups in total. The lowest BCUT2D eigenvalue weighted by atomic mass is 10.1. The number of hydrogen-bond acceptors (Lipinski definition) is 4. The fourth-order valence-corrected chi connectivity index (χ4v) is 2.84. The van der Waals surface area contributed by atoms with Gasteiger partial charge in [-0.2, -0.15) is 5.10 Å². The molecule has 0 spiro atoms. The Hall–Kier alpha value is -2.40. The van der Waals surface area contributed by atoms with E-state index in [1.165, 1.54) is 5.69 Å². The van der Waals surface area contributed by atoms with Gasteiger partial charge in [-0.15, -0.1) is 0 Å². The Morgan fingerprint density at radius 2 is 1.76 bits per heavy atom. The quantitative estimate of drug-likeness (QED) is 0.777. The van der Waals surface area contributed by atoms with Crippen molar-refractivity contribution in [3.63, 3.8) is 0 Å². The second kappa shape index (κ2) is 5.18. The van der Waals surface area contributed by atoms with Gasteiger partial charge in [-0.05, 0) is 23.8 Å². The number of aromatic nitrogens is 3. The van der Waals surface area contributed by atoms with E-state index in [4.69, 9.17) is 0 Å². The second-order valence-corrected chi connectivity index (χ2v) is 5.25. The molecule has 4 rings (SSSR count). The highest BCUT2D eigenvalue weighted by atomic mass is 15.3. The lowest BCUT2D eigenvalue weighted by Crippen LogP contribution is -2.43. The Morgan fingerprint density at radius 1 is 0.952 bits per heavy atom. The Morgan fingerprint density at radius 3 is 2.57 bits per heavy atom. The maximum atomic E-state index is 4.52. The first-order valence-corrected chi connectivity index (χ1v) is 7.25. The van der Waals surface area contributed by atoms with Crippen molar-refractivity contribution < 1.29 is 0 Å². The molecule has 3 aromatic heterocycles. The number of piperazine rings is 1. The zero-order chi connectivity index (χ0) is 14.1. The maximum Gasteiger partial charge on any atom is 0.0896 e. The van der Waals surface area contributed by atoms with Crippen LogP contribution in [0.3, 0.4) is 0 Å². The van der Waals surface area contributed by atoms with E-state index in [-0.39, 0.29) is 0 Å². The van der Waals surface area contributed by atoms with E-state index in [1.54, 1.807) is 0 Å². The molecule has 1 aliphatic heterocycles. The van der Waals surface area contributed by atoms with E-state index in [1.807, 2.05) is 35.2 Å². The predicted octanol–water partition coefficient (Wildman–Crippen LogP) is 1.81. The van der Waals surface area contributed by atoms with Gasteiger partial charge in [-0.1, -0.05) is 6.07 Å². The van der Waals surface area contributed by atoms with Gasteiger partial charge in [0.15, 0.2) is 0 Å². The summed E-state index contributed by atoms with van der Waals surface area (Å²) in [4.78, 5) is 6.46. The summed E-state index contributed by atoms with van der Waals surface area (Å²) < 4.78 is 1.97. The minimum absolute atomic E-state index is 1.03. The molecule has 0 aliphatic carbocycles. The number of fused-ring (bicyclic) bond motifs is 1. The molecule has 106 valence electrons. The summed E-state index contributed by atoms with van der Waals surface area (Å²) in [5.41, 5.74) is 4.69. The number of hydrogen-bond donors (Lipinski definition) is 1. The molecule has 3 aromatic rings. The van der Waals surface area contributed by atoms with Crippen LogP contribution < -0.4 is 10.2 Å². The fourth-order valence-electron chi connectivity index (χ4n) is 2.84. The molecule has 5 heteroatoms. The van der Waals surface area contributed by atoms with Gasteiger partial charge in [-0.25, -0.2) is 4.52 Å². The van der Waals surface area contributed by atoms with Crippen molar-refractivity contribution in [3.8, 4) is 11.1 Å². The molecule has 0 unspecified atom stereocenters.